The number of aryl methyl sites for hydroxylation is 1. The van der Waals surface area contributed by atoms with E-state index in [1.54, 1.807) is 0 Å². The van der Waals surface area contributed by atoms with Crippen LogP contribution >= 0.6 is 11.6 Å². The standard InChI is InChI=1S/C21H27ClN2O4S/c1-6-28-19-11-10-16(12-18(19)22)29(26,27)24-15(5)21(25)23-20-14(4)8-7-9-17(20)13(2)3/h7-13,15,24H,6H2,1-5H3,(H,23,25)/t15-/m0/s1. The second-order valence-corrected chi connectivity index (χ2v) is 9.17. The number of benzene rings is 2. The topological polar surface area (TPSA) is 84.5 Å². The van der Waals surface area contributed by atoms with Crippen LogP contribution in [0.1, 0.15) is 44.7 Å². The van der Waals surface area contributed by atoms with Crippen molar-refractivity contribution < 1.29 is 17.9 Å². The van der Waals surface area contributed by atoms with Crippen molar-refractivity contribution in [2.45, 2.75) is 51.5 Å². The molecule has 0 aliphatic rings. The summed E-state index contributed by atoms with van der Waals surface area (Å²) in [4.78, 5) is 12.6. The second kappa shape index (κ2) is 9.61. The zero-order valence-corrected chi connectivity index (χ0v) is 18.8. The number of rotatable bonds is 8. The largest absolute Gasteiger partial charge is 0.492 e. The highest BCUT2D eigenvalue weighted by Crippen LogP contribution is 2.29. The van der Waals surface area contributed by atoms with E-state index in [1.165, 1.54) is 25.1 Å². The maximum atomic E-state index is 12.7. The summed E-state index contributed by atoms with van der Waals surface area (Å²) in [5, 5.41) is 3.05. The highest BCUT2D eigenvalue weighted by Gasteiger charge is 2.24. The van der Waals surface area contributed by atoms with Gasteiger partial charge in [-0.2, -0.15) is 4.72 Å². The Labute approximate surface area is 177 Å². The molecule has 0 saturated heterocycles. The van der Waals surface area contributed by atoms with Gasteiger partial charge in [-0.05, 0) is 56.0 Å². The maximum Gasteiger partial charge on any atom is 0.242 e. The lowest BCUT2D eigenvalue weighted by atomic mass is 9.98. The van der Waals surface area contributed by atoms with Crippen LogP contribution in [0, 0.1) is 6.92 Å². The molecule has 29 heavy (non-hydrogen) atoms. The lowest BCUT2D eigenvalue weighted by Crippen LogP contribution is -2.41. The zero-order valence-electron chi connectivity index (χ0n) is 17.2. The number of anilines is 1. The smallest absolute Gasteiger partial charge is 0.242 e. The van der Waals surface area contributed by atoms with Crippen molar-refractivity contribution in [1.82, 2.24) is 4.72 Å². The van der Waals surface area contributed by atoms with Crippen molar-refractivity contribution in [3.05, 3.63) is 52.5 Å². The first-order valence-electron chi connectivity index (χ1n) is 9.41. The third-order valence-corrected chi connectivity index (χ3v) is 6.25. The molecule has 0 radical (unpaired) electrons. The Morgan fingerprint density at radius 2 is 1.86 bits per heavy atom. The van der Waals surface area contributed by atoms with E-state index >= 15 is 0 Å². The van der Waals surface area contributed by atoms with Gasteiger partial charge in [-0.3, -0.25) is 4.79 Å². The van der Waals surface area contributed by atoms with Gasteiger partial charge in [0.15, 0.2) is 0 Å². The first-order chi connectivity index (χ1) is 13.6. The number of carbonyl (C=O) groups excluding carboxylic acids is 1. The third-order valence-electron chi connectivity index (χ3n) is 4.41. The minimum absolute atomic E-state index is 0.0376. The van der Waals surface area contributed by atoms with Crippen LogP contribution in [0.3, 0.4) is 0 Å². The quantitative estimate of drug-likeness (QED) is 0.636. The van der Waals surface area contributed by atoms with E-state index in [2.05, 4.69) is 10.0 Å². The van der Waals surface area contributed by atoms with E-state index in [9.17, 15) is 13.2 Å². The molecule has 0 heterocycles. The lowest BCUT2D eigenvalue weighted by Gasteiger charge is -2.19. The molecule has 0 saturated carbocycles. The van der Waals surface area contributed by atoms with Crippen molar-refractivity contribution in [1.29, 1.82) is 0 Å². The molecule has 6 nitrogen and oxygen atoms in total. The van der Waals surface area contributed by atoms with Gasteiger partial charge in [0.2, 0.25) is 15.9 Å². The molecule has 1 amide bonds. The molecular weight excluding hydrogens is 412 g/mol. The molecule has 0 spiro atoms. The molecular formula is C21H27ClN2O4S. The van der Waals surface area contributed by atoms with E-state index in [-0.39, 0.29) is 15.8 Å². The van der Waals surface area contributed by atoms with Crippen molar-refractivity contribution in [3.63, 3.8) is 0 Å². The van der Waals surface area contributed by atoms with E-state index in [0.717, 1.165) is 11.1 Å². The number of amides is 1. The molecule has 0 aliphatic carbocycles. The molecule has 0 bridgehead atoms. The molecule has 1 atom stereocenters. The molecule has 2 rings (SSSR count). The summed E-state index contributed by atoms with van der Waals surface area (Å²) in [6.45, 7) is 9.69. The summed E-state index contributed by atoms with van der Waals surface area (Å²) in [5.74, 6) is 0.171. The summed E-state index contributed by atoms with van der Waals surface area (Å²) >= 11 is 6.09. The van der Waals surface area contributed by atoms with Crippen LogP contribution in [0.2, 0.25) is 5.02 Å². The van der Waals surface area contributed by atoms with Crippen LogP contribution in [-0.4, -0.2) is 27.0 Å². The summed E-state index contributed by atoms with van der Waals surface area (Å²) in [7, 11) is -3.94. The van der Waals surface area contributed by atoms with Crippen molar-refractivity contribution in [3.8, 4) is 5.75 Å². The lowest BCUT2D eigenvalue weighted by molar-refractivity contribution is -0.117. The van der Waals surface area contributed by atoms with Crippen LogP contribution in [0.15, 0.2) is 41.3 Å². The predicted octanol–water partition coefficient (Wildman–Crippen LogP) is 4.48. The fourth-order valence-electron chi connectivity index (χ4n) is 2.85. The van der Waals surface area contributed by atoms with Gasteiger partial charge in [-0.15, -0.1) is 0 Å². The number of halogens is 1. The number of hydrogen-bond acceptors (Lipinski definition) is 4. The Morgan fingerprint density at radius 3 is 2.45 bits per heavy atom. The van der Waals surface area contributed by atoms with Gasteiger partial charge in [0.05, 0.1) is 22.6 Å². The van der Waals surface area contributed by atoms with Gasteiger partial charge in [0.25, 0.3) is 0 Å². The van der Waals surface area contributed by atoms with E-state index in [1.807, 2.05) is 45.9 Å². The summed E-state index contributed by atoms with van der Waals surface area (Å²) in [6, 6.07) is 8.99. The Kier molecular flexibility index (Phi) is 7.68. The zero-order chi connectivity index (χ0) is 21.8. The monoisotopic (exact) mass is 438 g/mol. The van der Waals surface area contributed by atoms with Crippen LogP contribution in [0.5, 0.6) is 5.75 Å². The molecule has 0 aromatic heterocycles. The maximum absolute atomic E-state index is 12.7. The van der Waals surface area contributed by atoms with Gasteiger partial charge in [0, 0.05) is 5.69 Å². The molecule has 0 aliphatic heterocycles. The number of nitrogens with one attached hydrogen (secondary N) is 2. The van der Waals surface area contributed by atoms with Gasteiger partial charge in [0.1, 0.15) is 5.75 Å². The Hall–Kier alpha value is -2.09. The van der Waals surface area contributed by atoms with Crippen molar-refractivity contribution in [2.24, 2.45) is 0 Å². The Morgan fingerprint density at radius 1 is 1.17 bits per heavy atom. The molecule has 2 aromatic carbocycles. The van der Waals surface area contributed by atoms with Gasteiger partial charge in [-0.1, -0.05) is 43.6 Å². The Bertz CT molecular complexity index is 990. The van der Waals surface area contributed by atoms with E-state index < -0.39 is 22.0 Å². The number of para-hydroxylation sites is 1. The molecule has 0 unspecified atom stereocenters. The minimum atomic E-state index is -3.94. The number of ether oxygens (including phenoxy) is 1. The molecule has 2 N–H and O–H groups in total. The Balaban J connectivity index is 2.18. The van der Waals surface area contributed by atoms with Crippen molar-refractivity contribution >= 4 is 33.2 Å². The van der Waals surface area contributed by atoms with Crippen LogP contribution in [0.4, 0.5) is 5.69 Å². The van der Waals surface area contributed by atoms with E-state index in [4.69, 9.17) is 16.3 Å². The summed E-state index contributed by atoms with van der Waals surface area (Å²) in [6.07, 6.45) is 0. The predicted molar refractivity (Wildman–Crippen MR) is 116 cm³/mol. The second-order valence-electron chi connectivity index (χ2n) is 7.05. The number of sulfonamides is 1. The van der Waals surface area contributed by atoms with Crippen LogP contribution in [0.25, 0.3) is 0 Å². The molecule has 8 heteroatoms. The van der Waals surface area contributed by atoms with E-state index in [0.29, 0.717) is 18.0 Å². The number of carbonyl (C=O) groups is 1. The summed E-state index contributed by atoms with van der Waals surface area (Å²) in [5.41, 5.74) is 2.62. The SMILES string of the molecule is CCOc1ccc(S(=O)(=O)N[C@@H](C)C(=O)Nc2c(C)cccc2C(C)C)cc1Cl. The fraction of sp³-hybridized carbons (Fsp3) is 0.381. The average Bonchev–Trinajstić information content (AvgIpc) is 2.64. The normalized spacial score (nSPS) is 12.7. The first kappa shape index (κ1) is 23.2. The van der Waals surface area contributed by atoms with Gasteiger partial charge < -0.3 is 10.1 Å². The van der Waals surface area contributed by atoms with Gasteiger partial charge >= 0.3 is 0 Å². The highest BCUT2D eigenvalue weighted by atomic mass is 35.5. The van der Waals surface area contributed by atoms with Crippen molar-refractivity contribution in [2.75, 3.05) is 11.9 Å². The van der Waals surface area contributed by atoms with Crippen LogP contribution in [-0.2, 0) is 14.8 Å². The van der Waals surface area contributed by atoms with Crippen LogP contribution < -0.4 is 14.8 Å². The third kappa shape index (κ3) is 5.72. The average molecular weight is 439 g/mol. The highest BCUT2D eigenvalue weighted by molar-refractivity contribution is 7.89. The van der Waals surface area contributed by atoms with Gasteiger partial charge in [-0.25, -0.2) is 8.42 Å². The fourth-order valence-corrected chi connectivity index (χ4v) is 4.38. The number of hydrogen-bond donors (Lipinski definition) is 2. The molecule has 2 aromatic rings. The molecule has 158 valence electrons. The first-order valence-corrected chi connectivity index (χ1v) is 11.3. The minimum Gasteiger partial charge on any atom is -0.492 e. The molecule has 0 fully saturated rings. The summed E-state index contributed by atoms with van der Waals surface area (Å²) < 4.78 is 33.1.